The number of urea groups is 1. The van der Waals surface area contributed by atoms with Gasteiger partial charge in [-0.15, -0.1) is 0 Å². The number of rotatable bonds is 9. The number of nitrogens with zero attached hydrogens (tertiary/aromatic N) is 1. The maximum Gasteiger partial charge on any atom is 0.317 e. The van der Waals surface area contributed by atoms with Gasteiger partial charge < -0.3 is 15.3 Å². The molecular formula is C13H26N2O3. The Balaban J connectivity index is 3.98. The van der Waals surface area contributed by atoms with Crippen LogP contribution in [0.5, 0.6) is 0 Å². The summed E-state index contributed by atoms with van der Waals surface area (Å²) in [4.78, 5) is 24.0. The first-order valence-electron chi connectivity index (χ1n) is 6.79. The van der Waals surface area contributed by atoms with E-state index in [0.29, 0.717) is 25.4 Å². The number of carboxylic acids is 1. The second kappa shape index (κ2) is 9.74. The molecule has 5 heteroatoms. The molecule has 0 aromatic carbocycles. The molecule has 0 aromatic heterocycles. The average Bonchev–Trinajstić information content (AvgIpc) is 2.35. The lowest BCUT2D eigenvalue weighted by molar-refractivity contribution is -0.137. The molecule has 106 valence electrons. The van der Waals surface area contributed by atoms with Gasteiger partial charge in [0.25, 0.3) is 0 Å². The van der Waals surface area contributed by atoms with Crippen LogP contribution in [0.15, 0.2) is 0 Å². The molecule has 0 aliphatic carbocycles. The number of carboxylic acid groups (broad SMARTS) is 1. The van der Waals surface area contributed by atoms with Gasteiger partial charge in [-0.05, 0) is 19.3 Å². The summed E-state index contributed by atoms with van der Waals surface area (Å²) in [6, 6.07) is -0.0882. The van der Waals surface area contributed by atoms with Crippen molar-refractivity contribution in [2.75, 3.05) is 19.6 Å². The normalized spacial score (nSPS) is 10.4. The molecule has 0 bridgehead atoms. The lowest BCUT2D eigenvalue weighted by Crippen LogP contribution is -2.42. The Morgan fingerprint density at radius 3 is 2.28 bits per heavy atom. The third-order valence-electron chi connectivity index (χ3n) is 3.15. The van der Waals surface area contributed by atoms with Crippen molar-refractivity contribution >= 4 is 12.0 Å². The molecule has 0 aromatic rings. The van der Waals surface area contributed by atoms with Gasteiger partial charge in [0.15, 0.2) is 0 Å². The van der Waals surface area contributed by atoms with Crippen LogP contribution in [0.1, 0.15) is 46.5 Å². The first-order chi connectivity index (χ1) is 8.54. The molecule has 0 saturated carbocycles. The Hall–Kier alpha value is -1.26. The number of carbonyl (C=O) groups is 2. The quantitative estimate of drug-likeness (QED) is 0.623. The number of carbonyl (C=O) groups excluding carboxylic acids is 1. The van der Waals surface area contributed by atoms with E-state index in [4.69, 9.17) is 5.11 Å². The van der Waals surface area contributed by atoms with Gasteiger partial charge in [-0.3, -0.25) is 4.79 Å². The molecule has 0 aliphatic heterocycles. The Kier molecular flexibility index (Phi) is 9.06. The molecule has 2 amide bonds. The highest BCUT2D eigenvalue weighted by atomic mass is 16.4. The number of aliphatic carboxylic acids is 1. The van der Waals surface area contributed by atoms with E-state index < -0.39 is 5.97 Å². The molecule has 0 unspecified atom stereocenters. The summed E-state index contributed by atoms with van der Waals surface area (Å²) < 4.78 is 0. The van der Waals surface area contributed by atoms with Crippen LogP contribution in [-0.4, -0.2) is 41.6 Å². The monoisotopic (exact) mass is 258 g/mol. The predicted octanol–water partition coefficient (Wildman–Crippen LogP) is 2.32. The maximum absolute atomic E-state index is 11.9. The van der Waals surface area contributed by atoms with Crippen LogP contribution in [0, 0.1) is 5.92 Å². The number of amides is 2. The fourth-order valence-electron chi connectivity index (χ4n) is 1.76. The summed E-state index contributed by atoms with van der Waals surface area (Å²) in [5.74, 6) is -0.289. The first kappa shape index (κ1) is 16.7. The van der Waals surface area contributed by atoms with Gasteiger partial charge in [0.2, 0.25) is 0 Å². The predicted molar refractivity (Wildman–Crippen MR) is 71.6 cm³/mol. The summed E-state index contributed by atoms with van der Waals surface area (Å²) >= 11 is 0. The zero-order valence-electron chi connectivity index (χ0n) is 11.7. The smallest absolute Gasteiger partial charge is 0.317 e. The van der Waals surface area contributed by atoms with Gasteiger partial charge in [-0.2, -0.15) is 0 Å². The summed E-state index contributed by atoms with van der Waals surface area (Å²) in [5, 5.41) is 11.3. The molecule has 0 heterocycles. The number of hydrogen-bond donors (Lipinski definition) is 2. The molecule has 0 aliphatic rings. The zero-order valence-corrected chi connectivity index (χ0v) is 11.7. The number of nitrogens with one attached hydrogen (secondary N) is 1. The average molecular weight is 258 g/mol. The van der Waals surface area contributed by atoms with E-state index in [-0.39, 0.29) is 12.5 Å². The summed E-state index contributed by atoms with van der Waals surface area (Å²) in [7, 11) is 0. The number of hydrogen-bond acceptors (Lipinski definition) is 2. The zero-order chi connectivity index (χ0) is 14.0. The molecule has 0 radical (unpaired) electrons. The van der Waals surface area contributed by atoms with Gasteiger partial charge in [0.05, 0.1) is 0 Å². The van der Waals surface area contributed by atoms with Crippen LogP contribution < -0.4 is 5.32 Å². The van der Waals surface area contributed by atoms with Crippen molar-refractivity contribution in [1.29, 1.82) is 0 Å². The SMILES string of the molecule is CCC(CC)CN(CC)C(=O)NCCCC(=O)O. The van der Waals surface area contributed by atoms with E-state index in [9.17, 15) is 9.59 Å². The van der Waals surface area contributed by atoms with Crippen molar-refractivity contribution in [3.05, 3.63) is 0 Å². The summed E-state index contributed by atoms with van der Waals surface area (Å²) in [6.07, 6.45) is 2.71. The lowest BCUT2D eigenvalue weighted by Gasteiger charge is -2.25. The van der Waals surface area contributed by atoms with E-state index in [1.165, 1.54) is 0 Å². The van der Waals surface area contributed by atoms with Crippen LogP contribution in [0.3, 0.4) is 0 Å². The topological polar surface area (TPSA) is 69.6 Å². The first-order valence-corrected chi connectivity index (χ1v) is 6.79. The molecule has 0 saturated heterocycles. The van der Waals surface area contributed by atoms with Crippen molar-refractivity contribution in [2.24, 2.45) is 5.92 Å². The van der Waals surface area contributed by atoms with E-state index in [1.807, 2.05) is 6.92 Å². The fraction of sp³-hybridized carbons (Fsp3) is 0.846. The molecule has 2 N–H and O–H groups in total. The van der Waals surface area contributed by atoms with E-state index in [1.54, 1.807) is 4.90 Å². The van der Waals surface area contributed by atoms with Crippen molar-refractivity contribution < 1.29 is 14.7 Å². The minimum Gasteiger partial charge on any atom is -0.481 e. The molecule has 0 rings (SSSR count). The molecule has 0 atom stereocenters. The van der Waals surface area contributed by atoms with Gasteiger partial charge in [-0.1, -0.05) is 26.7 Å². The van der Waals surface area contributed by atoms with Gasteiger partial charge in [0.1, 0.15) is 0 Å². The molecule has 0 fully saturated rings. The van der Waals surface area contributed by atoms with Gasteiger partial charge in [-0.25, -0.2) is 4.79 Å². The van der Waals surface area contributed by atoms with Crippen molar-refractivity contribution in [3.63, 3.8) is 0 Å². The van der Waals surface area contributed by atoms with Gasteiger partial charge in [0, 0.05) is 26.1 Å². The van der Waals surface area contributed by atoms with Gasteiger partial charge >= 0.3 is 12.0 Å². The molecule has 5 nitrogen and oxygen atoms in total. The van der Waals surface area contributed by atoms with E-state index in [2.05, 4.69) is 19.2 Å². The van der Waals surface area contributed by atoms with E-state index >= 15 is 0 Å². The lowest BCUT2D eigenvalue weighted by atomic mass is 10.0. The standard InChI is InChI=1S/C13H26N2O3/c1-4-11(5-2)10-15(6-3)13(18)14-9-7-8-12(16)17/h11H,4-10H2,1-3H3,(H,14,18)(H,16,17). The van der Waals surface area contributed by atoms with Crippen molar-refractivity contribution in [2.45, 2.75) is 46.5 Å². The highest BCUT2D eigenvalue weighted by molar-refractivity contribution is 5.74. The maximum atomic E-state index is 11.9. The fourth-order valence-corrected chi connectivity index (χ4v) is 1.76. The van der Waals surface area contributed by atoms with Crippen LogP contribution in [-0.2, 0) is 4.79 Å². The third kappa shape index (κ3) is 7.14. The van der Waals surface area contributed by atoms with Crippen molar-refractivity contribution in [3.8, 4) is 0 Å². The molecule has 0 spiro atoms. The van der Waals surface area contributed by atoms with Crippen LogP contribution in [0.25, 0.3) is 0 Å². The van der Waals surface area contributed by atoms with Crippen LogP contribution in [0.2, 0.25) is 0 Å². The Morgan fingerprint density at radius 2 is 1.83 bits per heavy atom. The Labute approximate surface area is 110 Å². The summed E-state index contributed by atoms with van der Waals surface area (Å²) in [6.45, 7) is 8.10. The minimum absolute atomic E-state index is 0.0882. The summed E-state index contributed by atoms with van der Waals surface area (Å²) in [5.41, 5.74) is 0. The van der Waals surface area contributed by atoms with Crippen molar-refractivity contribution in [1.82, 2.24) is 10.2 Å². The Morgan fingerprint density at radius 1 is 1.22 bits per heavy atom. The van der Waals surface area contributed by atoms with Crippen LogP contribution in [0.4, 0.5) is 4.79 Å². The third-order valence-corrected chi connectivity index (χ3v) is 3.15. The molecule has 18 heavy (non-hydrogen) atoms. The Bertz CT molecular complexity index is 253. The highest BCUT2D eigenvalue weighted by Gasteiger charge is 2.15. The highest BCUT2D eigenvalue weighted by Crippen LogP contribution is 2.09. The second-order valence-corrected chi connectivity index (χ2v) is 4.45. The second-order valence-electron chi connectivity index (χ2n) is 4.45. The van der Waals surface area contributed by atoms with E-state index in [0.717, 1.165) is 19.4 Å². The van der Waals surface area contributed by atoms with Crippen LogP contribution >= 0.6 is 0 Å². The largest absolute Gasteiger partial charge is 0.481 e. The molecular weight excluding hydrogens is 232 g/mol. The minimum atomic E-state index is -0.825.